The van der Waals surface area contributed by atoms with Crippen molar-refractivity contribution < 1.29 is 13.9 Å². The molecule has 0 saturated heterocycles. The summed E-state index contributed by atoms with van der Waals surface area (Å²) in [5.41, 5.74) is 1.48. The zero-order valence-electron chi connectivity index (χ0n) is 11.2. The van der Waals surface area contributed by atoms with E-state index in [1.54, 1.807) is 4.68 Å². The van der Waals surface area contributed by atoms with E-state index >= 15 is 0 Å². The summed E-state index contributed by atoms with van der Waals surface area (Å²) < 4.78 is 28.8. The third-order valence-electron chi connectivity index (χ3n) is 3.09. The van der Waals surface area contributed by atoms with Crippen molar-refractivity contribution in [3.63, 3.8) is 0 Å². The maximum atomic E-state index is 13.7. The van der Waals surface area contributed by atoms with E-state index in [1.807, 2.05) is 19.9 Å². The van der Waals surface area contributed by atoms with Gasteiger partial charge < -0.3 is 5.11 Å². The van der Waals surface area contributed by atoms with Crippen molar-refractivity contribution in [3.8, 4) is 0 Å². The zero-order valence-corrected chi connectivity index (χ0v) is 12.0. The molecule has 1 heterocycles. The summed E-state index contributed by atoms with van der Waals surface area (Å²) in [6.45, 7) is 4.41. The van der Waals surface area contributed by atoms with E-state index in [0.717, 1.165) is 23.5 Å². The average molecular weight is 301 g/mol. The van der Waals surface area contributed by atoms with Crippen molar-refractivity contribution in [2.75, 3.05) is 0 Å². The van der Waals surface area contributed by atoms with Crippen LogP contribution in [-0.2, 0) is 13.0 Å². The number of aromatic nitrogens is 2. The van der Waals surface area contributed by atoms with Crippen LogP contribution in [0.2, 0.25) is 5.02 Å². The zero-order chi connectivity index (χ0) is 14.9. The highest BCUT2D eigenvalue weighted by Gasteiger charge is 2.18. The van der Waals surface area contributed by atoms with Gasteiger partial charge in [-0.25, -0.2) is 8.78 Å². The molecule has 6 heteroatoms. The molecule has 0 aliphatic heterocycles. The molecule has 0 bridgehead atoms. The minimum atomic E-state index is -1.15. The molecule has 2 aromatic rings. The van der Waals surface area contributed by atoms with Crippen LogP contribution in [-0.4, -0.2) is 14.9 Å². The van der Waals surface area contributed by atoms with Gasteiger partial charge in [-0.15, -0.1) is 0 Å². The van der Waals surface area contributed by atoms with Gasteiger partial charge >= 0.3 is 0 Å². The summed E-state index contributed by atoms with van der Waals surface area (Å²) in [5, 5.41) is 14.1. The first-order valence-corrected chi connectivity index (χ1v) is 6.66. The predicted molar refractivity (Wildman–Crippen MR) is 72.7 cm³/mol. The molecule has 0 aliphatic rings. The van der Waals surface area contributed by atoms with Gasteiger partial charge in [0.05, 0.1) is 16.8 Å². The van der Waals surface area contributed by atoms with Crippen LogP contribution >= 0.6 is 11.6 Å². The van der Waals surface area contributed by atoms with Crippen molar-refractivity contribution in [3.05, 3.63) is 51.8 Å². The fraction of sp³-hybridized carbons (Fsp3) is 0.357. The third kappa shape index (κ3) is 2.99. The predicted octanol–water partition coefficient (Wildman–Crippen LogP) is 3.42. The summed E-state index contributed by atoms with van der Waals surface area (Å²) in [7, 11) is 0. The Morgan fingerprint density at radius 2 is 2.00 bits per heavy atom. The molecule has 1 aromatic heterocycles. The Hall–Kier alpha value is -1.46. The van der Waals surface area contributed by atoms with E-state index in [4.69, 9.17) is 11.6 Å². The summed E-state index contributed by atoms with van der Waals surface area (Å²) >= 11 is 5.49. The lowest BCUT2D eigenvalue weighted by Crippen LogP contribution is -2.10. The highest BCUT2D eigenvalue weighted by Crippen LogP contribution is 2.26. The van der Waals surface area contributed by atoms with Gasteiger partial charge in [-0.3, -0.25) is 4.68 Å². The fourth-order valence-electron chi connectivity index (χ4n) is 2.14. The van der Waals surface area contributed by atoms with Crippen LogP contribution in [0.25, 0.3) is 0 Å². The van der Waals surface area contributed by atoms with Gasteiger partial charge in [-0.1, -0.05) is 11.6 Å². The fourth-order valence-corrected chi connectivity index (χ4v) is 2.29. The lowest BCUT2D eigenvalue weighted by atomic mass is 10.0. The molecule has 108 valence electrons. The van der Waals surface area contributed by atoms with Crippen molar-refractivity contribution in [2.24, 2.45) is 0 Å². The van der Waals surface area contributed by atoms with Gasteiger partial charge in [0.15, 0.2) is 0 Å². The van der Waals surface area contributed by atoms with Gasteiger partial charge in [-0.05, 0) is 32.0 Å². The highest BCUT2D eigenvalue weighted by atomic mass is 35.5. The molecule has 3 nitrogen and oxygen atoms in total. The van der Waals surface area contributed by atoms with E-state index in [-0.39, 0.29) is 17.0 Å². The normalized spacial score (nSPS) is 12.7. The molecule has 1 aromatic carbocycles. The molecule has 1 atom stereocenters. The van der Waals surface area contributed by atoms with Gasteiger partial charge in [0, 0.05) is 24.2 Å². The maximum Gasteiger partial charge on any atom is 0.142 e. The molecule has 0 spiro atoms. The molecular formula is C14H15ClF2N2O. The van der Waals surface area contributed by atoms with Crippen molar-refractivity contribution in [2.45, 2.75) is 32.9 Å². The van der Waals surface area contributed by atoms with Crippen LogP contribution in [0.5, 0.6) is 0 Å². The summed E-state index contributed by atoms with van der Waals surface area (Å²) in [6, 6.07) is 3.62. The second-order valence-electron chi connectivity index (χ2n) is 4.60. The smallest absolute Gasteiger partial charge is 0.142 e. The van der Waals surface area contributed by atoms with Crippen LogP contribution in [0.1, 0.15) is 30.0 Å². The number of aliphatic hydroxyl groups is 1. The topological polar surface area (TPSA) is 38.0 Å². The summed E-state index contributed by atoms with van der Waals surface area (Å²) in [5.74, 6) is -1.47. The molecular weight excluding hydrogens is 286 g/mol. The second kappa shape index (κ2) is 5.89. The SMILES string of the molecule is CCn1nc(C)cc1CC(O)c1cc(F)c(Cl)cc1F. The number of aryl methyl sites for hydroxylation is 2. The van der Waals surface area contributed by atoms with Crippen molar-refractivity contribution in [1.29, 1.82) is 0 Å². The molecule has 0 amide bonds. The Morgan fingerprint density at radius 1 is 1.30 bits per heavy atom. The number of rotatable bonds is 4. The first-order valence-electron chi connectivity index (χ1n) is 6.28. The number of benzene rings is 1. The first-order chi connectivity index (χ1) is 9.42. The molecule has 0 radical (unpaired) electrons. The van der Waals surface area contributed by atoms with E-state index in [2.05, 4.69) is 5.10 Å². The van der Waals surface area contributed by atoms with Gasteiger partial charge in [-0.2, -0.15) is 5.10 Å². The molecule has 0 saturated carbocycles. The first kappa shape index (κ1) is 14.9. The highest BCUT2D eigenvalue weighted by molar-refractivity contribution is 6.30. The number of hydrogen-bond donors (Lipinski definition) is 1. The lowest BCUT2D eigenvalue weighted by molar-refractivity contribution is 0.170. The van der Waals surface area contributed by atoms with E-state index in [1.165, 1.54) is 0 Å². The van der Waals surface area contributed by atoms with Crippen molar-refractivity contribution >= 4 is 11.6 Å². The quantitative estimate of drug-likeness (QED) is 0.879. The molecule has 2 rings (SSSR count). The lowest BCUT2D eigenvalue weighted by Gasteiger charge is -2.13. The standard InChI is InChI=1S/C14H15ClF2N2O/c1-3-19-9(4-8(2)18-19)5-14(20)10-6-13(17)11(15)7-12(10)16/h4,6-7,14,20H,3,5H2,1-2H3. The van der Waals surface area contributed by atoms with E-state index in [9.17, 15) is 13.9 Å². The molecule has 20 heavy (non-hydrogen) atoms. The van der Waals surface area contributed by atoms with Gasteiger partial charge in [0.25, 0.3) is 0 Å². The monoisotopic (exact) mass is 300 g/mol. The van der Waals surface area contributed by atoms with Crippen LogP contribution in [0.4, 0.5) is 8.78 Å². The number of aliphatic hydroxyl groups excluding tert-OH is 1. The summed E-state index contributed by atoms with van der Waals surface area (Å²) in [4.78, 5) is 0. The Labute approximate surface area is 120 Å². The average Bonchev–Trinajstić information content (AvgIpc) is 2.73. The minimum absolute atomic E-state index is 0.103. The second-order valence-corrected chi connectivity index (χ2v) is 5.01. The van der Waals surface area contributed by atoms with E-state index < -0.39 is 17.7 Å². The maximum absolute atomic E-state index is 13.7. The van der Waals surface area contributed by atoms with Gasteiger partial charge in [0.1, 0.15) is 11.6 Å². The van der Waals surface area contributed by atoms with Crippen LogP contribution in [0.3, 0.4) is 0 Å². The molecule has 1 unspecified atom stereocenters. The van der Waals surface area contributed by atoms with E-state index in [0.29, 0.717) is 6.54 Å². The molecule has 0 fully saturated rings. The Balaban J connectivity index is 2.28. The number of halogens is 3. The van der Waals surface area contributed by atoms with Crippen LogP contribution < -0.4 is 0 Å². The minimum Gasteiger partial charge on any atom is -0.388 e. The Bertz CT molecular complexity index is 628. The van der Waals surface area contributed by atoms with Crippen molar-refractivity contribution in [1.82, 2.24) is 9.78 Å². The Kier molecular flexibility index (Phi) is 4.40. The Morgan fingerprint density at radius 3 is 2.65 bits per heavy atom. The largest absolute Gasteiger partial charge is 0.388 e. The molecule has 1 N–H and O–H groups in total. The number of nitrogens with zero attached hydrogens (tertiary/aromatic N) is 2. The number of hydrogen-bond acceptors (Lipinski definition) is 2. The third-order valence-corrected chi connectivity index (χ3v) is 3.38. The summed E-state index contributed by atoms with van der Waals surface area (Å²) in [6.07, 6.45) is -0.990. The van der Waals surface area contributed by atoms with Crippen LogP contribution in [0, 0.1) is 18.6 Å². The van der Waals surface area contributed by atoms with Gasteiger partial charge in [0.2, 0.25) is 0 Å². The molecule has 0 aliphatic carbocycles. The van der Waals surface area contributed by atoms with Crippen LogP contribution in [0.15, 0.2) is 18.2 Å².